The lowest BCUT2D eigenvalue weighted by Gasteiger charge is -2.04. The Labute approximate surface area is 110 Å². The normalized spacial score (nSPS) is 10.6. The van der Waals surface area contributed by atoms with Crippen molar-refractivity contribution < 1.29 is 18.1 Å². The first-order valence-corrected chi connectivity index (χ1v) is 6.67. The summed E-state index contributed by atoms with van der Waals surface area (Å²) in [6, 6.07) is 4.24. The molecule has 0 aliphatic heterocycles. The van der Waals surface area contributed by atoms with Crippen LogP contribution in [0.3, 0.4) is 0 Å². The smallest absolute Gasteiger partial charge is 0.269 e. The van der Waals surface area contributed by atoms with E-state index >= 15 is 0 Å². The van der Waals surface area contributed by atoms with E-state index in [0.717, 1.165) is 30.3 Å². The quantitative estimate of drug-likeness (QED) is 0.510. The number of nitrogens with one attached hydrogen (secondary N) is 1. The van der Waals surface area contributed by atoms with Gasteiger partial charge in [0.25, 0.3) is 21.6 Å². The Bertz CT molecular complexity index is 628. The molecule has 1 amide bonds. The van der Waals surface area contributed by atoms with Gasteiger partial charge in [-0.1, -0.05) is 5.57 Å². The topological polar surface area (TPSA) is 106 Å². The molecule has 0 spiro atoms. The molecule has 0 radical (unpaired) electrons. The second-order valence-electron chi connectivity index (χ2n) is 3.94. The maximum atomic E-state index is 11.8. The SMILES string of the molecule is CC(C)=CC(=O)NS(=O)(=O)c1ccc([N+](=O)[O-])cc1. The largest absolute Gasteiger partial charge is 0.269 e. The molecule has 0 saturated carbocycles. The Hall–Kier alpha value is -2.22. The van der Waals surface area contributed by atoms with Crippen molar-refractivity contribution in [1.82, 2.24) is 4.72 Å². The van der Waals surface area contributed by atoms with Crippen LogP contribution >= 0.6 is 0 Å². The van der Waals surface area contributed by atoms with E-state index in [1.54, 1.807) is 13.8 Å². The van der Waals surface area contributed by atoms with Crippen LogP contribution in [0.1, 0.15) is 13.8 Å². The number of hydrogen-bond acceptors (Lipinski definition) is 5. The molecule has 1 aromatic rings. The third-order valence-electron chi connectivity index (χ3n) is 2.01. The minimum absolute atomic E-state index is 0.214. The zero-order chi connectivity index (χ0) is 14.6. The number of sulfonamides is 1. The summed E-state index contributed by atoms with van der Waals surface area (Å²) in [6.45, 7) is 3.30. The maximum absolute atomic E-state index is 11.8. The minimum atomic E-state index is -4.01. The van der Waals surface area contributed by atoms with Crippen molar-refractivity contribution in [2.24, 2.45) is 0 Å². The lowest BCUT2D eigenvalue weighted by Crippen LogP contribution is -2.29. The van der Waals surface area contributed by atoms with Crippen LogP contribution in [0, 0.1) is 10.1 Å². The zero-order valence-electron chi connectivity index (χ0n) is 10.3. The highest BCUT2D eigenvalue weighted by Gasteiger charge is 2.17. The van der Waals surface area contributed by atoms with Crippen LogP contribution in [-0.2, 0) is 14.8 Å². The van der Waals surface area contributed by atoms with Crippen molar-refractivity contribution in [2.45, 2.75) is 18.7 Å². The lowest BCUT2D eigenvalue weighted by molar-refractivity contribution is -0.384. The van der Waals surface area contributed by atoms with Crippen LogP contribution < -0.4 is 4.72 Å². The summed E-state index contributed by atoms with van der Waals surface area (Å²) in [5.41, 5.74) is 0.422. The van der Waals surface area contributed by atoms with Gasteiger partial charge in [-0.15, -0.1) is 0 Å². The van der Waals surface area contributed by atoms with E-state index < -0.39 is 20.9 Å². The fourth-order valence-electron chi connectivity index (χ4n) is 1.23. The van der Waals surface area contributed by atoms with Crippen molar-refractivity contribution in [3.8, 4) is 0 Å². The number of allylic oxidation sites excluding steroid dienone is 1. The van der Waals surface area contributed by atoms with E-state index in [2.05, 4.69) is 0 Å². The summed E-state index contributed by atoms with van der Waals surface area (Å²) in [7, 11) is -4.01. The van der Waals surface area contributed by atoms with Crippen molar-refractivity contribution in [1.29, 1.82) is 0 Å². The predicted octanol–water partition coefficient (Wildman–Crippen LogP) is 1.37. The standard InChI is InChI=1S/C11H12N2O5S/c1-8(2)7-11(14)12-19(17,18)10-5-3-9(4-6-10)13(15)16/h3-7H,1-2H3,(H,12,14). The number of non-ortho nitro benzene ring substituents is 1. The Morgan fingerprint density at radius 2 is 1.79 bits per heavy atom. The third-order valence-corrected chi connectivity index (χ3v) is 3.38. The molecule has 0 fully saturated rings. The summed E-state index contributed by atoms with van der Waals surface area (Å²) in [4.78, 5) is 20.9. The lowest BCUT2D eigenvalue weighted by atomic mass is 10.3. The van der Waals surface area contributed by atoms with Crippen LogP contribution in [-0.4, -0.2) is 19.2 Å². The molecule has 0 bridgehead atoms. The fourth-order valence-corrected chi connectivity index (χ4v) is 2.17. The van der Waals surface area contributed by atoms with E-state index in [4.69, 9.17) is 0 Å². The Morgan fingerprint density at radius 1 is 1.26 bits per heavy atom. The van der Waals surface area contributed by atoms with Gasteiger partial charge in [-0.3, -0.25) is 14.9 Å². The highest BCUT2D eigenvalue weighted by Crippen LogP contribution is 2.15. The number of nitro benzene ring substituents is 1. The number of amides is 1. The highest BCUT2D eigenvalue weighted by molar-refractivity contribution is 7.90. The predicted molar refractivity (Wildman–Crippen MR) is 67.9 cm³/mol. The molecule has 102 valence electrons. The van der Waals surface area contributed by atoms with Gasteiger partial charge in [0.1, 0.15) is 0 Å². The highest BCUT2D eigenvalue weighted by atomic mass is 32.2. The number of rotatable bonds is 4. The monoisotopic (exact) mass is 284 g/mol. The van der Waals surface area contributed by atoms with Crippen molar-refractivity contribution in [3.05, 3.63) is 46.0 Å². The van der Waals surface area contributed by atoms with Crippen LogP contribution in [0.2, 0.25) is 0 Å². The second kappa shape index (κ2) is 5.61. The molecule has 1 aromatic carbocycles. The van der Waals surface area contributed by atoms with Crippen LogP contribution in [0.4, 0.5) is 5.69 Å². The molecule has 0 aromatic heterocycles. The van der Waals surface area contributed by atoms with Crippen molar-refractivity contribution in [3.63, 3.8) is 0 Å². The van der Waals surface area contributed by atoms with Gasteiger partial charge in [-0.2, -0.15) is 0 Å². The van der Waals surface area contributed by atoms with Gasteiger partial charge >= 0.3 is 0 Å². The van der Waals surface area contributed by atoms with Gasteiger partial charge in [0.15, 0.2) is 0 Å². The molecule has 0 aliphatic rings. The summed E-state index contributed by atoms with van der Waals surface area (Å²) >= 11 is 0. The van der Waals surface area contributed by atoms with E-state index in [9.17, 15) is 23.3 Å². The molecule has 1 N–H and O–H groups in total. The summed E-state index contributed by atoms with van der Waals surface area (Å²) in [5, 5.41) is 10.4. The molecule has 1 rings (SSSR count). The van der Waals surface area contributed by atoms with Crippen LogP contribution in [0.15, 0.2) is 40.8 Å². The Balaban J connectivity index is 2.98. The number of carbonyl (C=O) groups excluding carboxylic acids is 1. The van der Waals surface area contributed by atoms with E-state index in [1.165, 1.54) is 0 Å². The first-order chi connectivity index (χ1) is 8.72. The molecule has 0 unspecified atom stereocenters. The molecule has 0 atom stereocenters. The van der Waals surface area contributed by atoms with Gasteiger partial charge in [0.2, 0.25) is 0 Å². The first-order valence-electron chi connectivity index (χ1n) is 5.18. The molecule has 8 heteroatoms. The van der Waals surface area contributed by atoms with E-state index in [0.29, 0.717) is 5.57 Å². The van der Waals surface area contributed by atoms with Gasteiger partial charge < -0.3 is 0 Å². The summed E-state index contributed by atoms with van der Waals surface area (Å²) in [5.74, 6) is -0.765. The number of carbonyl (C=O) groups is 1. The minimum Gasteiger partial charge on any atom is -0.269 e. The van der Waals surface area contributed by atoms with E-state index in [-0.39, 0.29) is 10.6 Å². The van der Waals surface area contributed by atoms with Crippen LogP contribution in [0.5, 0.6) is 0 Å². The average molecular weight is 284 g/mol. The second-order valence-corrected chi connectivity index (χ2v) is 5.62. The molecule has 0 saturated heterocycles. The number of nitro groups is 1. The number of nitrogens with zero attached hydrogens (tertiary/aromatic N) is 1. The zero-order valence-corrected chi connectivity index (χ0v) is 11.1. The Kier molecular flexibility index (Phi) is 4.38. The molecular formula is C11H12N2O5S. The first kappa shape index (κ1) is 14.8. The molecule has 7 nitrogen and oxygen atoms in total. The summed E-state index contributed by atoms with van der Waals surface area (Å²) < 4.78 is 25.4. The maximum Gasteiger partial charge on any atom is 0.269 e. The number of benzene rings is 1. The molecular weight excluding hydrogens is 272 g/mol. The van der Waals surface area contributed by atoms with Gasteiger partial charge in [0.05, 0.1) is 9.82 Å². The van der Waals surface area contributed by atoms with Crippen LogP contribution in [0.25, 0.3) is 0 Å². The van der Waals surface area contributed by atoms with Crippen molar-refractivity contribution in [2.75, 3.05) is 0 Å². The third kappa shape index (κ3) is 4.18. The van der Waals surface area contributed by atoms with E-state index in [1.807, 2.05) is 4.72 Å². The van der Waals surface area contributed by atoms with Gasteiger partial charge in [-0.25, -0.2) is 13.1 Å². The number of hydrogen-bond donors (Lipinski definition) is 1. The Morgan fingerprint density at radius 3 is 2.21 bits per heavy atom. The molecule has 0 aliphatic carbocycles. The molecule has 0 heterocycles. The molecule has 19 heavy (non-hydrogen) atoms. The van der Waals surface area contributed by atoms with Gasteiger partial charge in [0, 0.05) is 18.2 Å². The van der Waals surface area contributed by atoms with Gasteiger partial charge in [-0.05, 0) is 26.0 Å². The van der Waals surface area contributed by atoms with Crippen molar-refractivity contribution >= 4 is 21.6 Å². The summed E-state index contributed by atoms with van der Waals surface area (Å²) in [6.07, 6.45) is 1.14. The fraction of sp³-hybridized carbons (Fsp3) is 0.182. The average Bonchev–Trinajstić information content (AvgIpc) is 2.27.